The Balaban J connectivity index is 2.25. The fourth-order valence-electron chi connectivity index (χ4n) is 2.15. The third kappa shape index (κ3) is 3.18. The van der Waals surface area contributed by atoms with Gasteiger partial charge in [-0.2, -0.15) is 0 Å². The van der Waals surface area contributed by atoms with Gasteiger partial charge in [-0.15, -0.1) is 0 Å². The van der Waals surface area contributed by atoms with Gasteiger partial charge < -0.3 is 5.73 Å². The van der Waals surface area contributed by atoms with Crippen molar-refractivity contribution in [2.45, 2.75) is 39.2 Å². The highest BCUT2D eigenvalue weighted by Gasteiger charge is 2.15. The summed E-state index contributed by atoms with van der Waals surface area (Å²) in [6, 6.07) is 9.15. The molecule has 0 saturated carbocycles. The summed E-state index contributed by atoms with van der Waals surface area (Å²) in [7, 11) is 0. The van der Waals surface area contributed by atoms with Crippen LogP contribution >= 0.6 is 0 Å². The minimum Gasteiger partial charge on any atom is -0.321 e. The lowest BCUT2D eigenvalue weighted by molar-refractivity contribution is 0.0956. The number of pyridine rings is 1. The standard InChI is InChI=1S/C16H20N2O/c1-3-4-5-14(17)16(19)13-8-9-15-12(10-13)7-6-11(2)18-15/h6-10,14H,3-5,17H2,1-2H3. The second kappa shape index (κ2) is 5.93. The fraction of sp³-hybridized carbons (Fsp3) is 0.375. The van der Waals surface area contributed by atoms with E-state index in [0.29, 0.717) is 5.56 Å². The molecular formula is C16H20N2O. The number of aromatic nitrogens is 1. The van der Waals surface area contributed by atoms with Crippen molar-refractivity contribution >= 4 is 16.7 Å². The Labute approximate surface area is 113 Å². The summed E-state index contributed by atoms with van der Waals surface area (Å²) >= 11 is 0. The normalized spacial score (nSPS) is 12.6. The van der Waals surface area contributed by atoms with E-state index in [0.717, 1.165) is 35.9 Å². The molecule has 0 saturated heterocycles. The molecule has 1 heterocycles. The lowest BCUT2D eigenvalue weighted by Crippen LogP contribution is -2.30. The number of Topliss-reactive ketones (excluding diaryl/α,β-unsaturated/α-hetero) is 1. The Bertz CT molecular complexity index is 592. The summed E-state index contributed by atoms with van der Waals surface area (Å²) in [5, 5.41) is 0.985. The van der Waals surface area contributed by atoms with E-state index in [2.05, 4.69) is 11.9 Å². The SMILES string of the molecule is CCCCC(N)C(=O)c1ccc2nc(C)ccc2c1. The summed E-state index contributed by atoms with van der Waals surface area (Å²) in [5.41, 5.74) is 8.51. The summed E-state index contributed by atoms with van der Waals surface area (Å²) in [6.45, 7) is 4.06. The first kappa shape index (κ1) is 13.7. The van der Waals surface area contributed by atoms with E-state index in [1.54, 1.807) is 0 Å². The molecule has 1 aromatic heterocycles. The molecular weight excluding hydrogens is 236 g/mol. The highest BCUT2D eigenvalue weighted by molar-refractivity contribution is 6.02. The number of nitrogens with zero attached hydrogens (tertiary/aromatic N) is 1. The Morgan fingerprint density at radius 2 is 2.11 bits per heavy atom. The molecule has 100 valence electrons. The number of benzene rings is 1. The molecule has 2 N–H and O–H groups in total. The van der Waals surface area contributed by atoms with Gasteiger partial charge >= 0.3 is 0 Å². The van der Waals surface area contributed by atoms with Crippen molar-refractivity contribution in [1.82, 2.24) is 4.98 Å². The maximum Gasteiger partial charge on any atom is 0.179 e. The molecule has 0 aliphatic carbocycles. The van der Waals surface area contributed by atoms with Gasteiger partial charge in [0, 0.05) is 16.6 Å². The van der Waals surface area contributed by atoms with Crippen LogP contribution < -0.4 is 5.73 Å². The molecule has 19 heavy (non-hydrogen) atoms. The highest BCUT2D eigenvalue weighted by atomic mass is 16.1. The molecule has 0 aliphatic rings. The van der Waals surface area contributed by atoms with Crippen molar-refractivity contribution in [2.24, 2.45) is 5.73 Å². The van der Waals surface area contributed by atoms with E-state index in [9.17, 15) is 4.79 Å². The van der Waals surface area contributed by atoms with Gasteiger partial charge in [-0.05, 0) is 37.6 Å². The molecule has 2 aromatic rings. The van der Waals surface area contributed by atoms with Crippen molar-refractivity contribution in [3.8, 4) is 0 Å². The van der Waals surface area contributed by atoms with E-state index in [1.165, 1.54) is 0 Å². The molecule has 3 nitrogen and oxygen atoms in total. The zero-order valence-corrected chi connectivity index (χ0v) is 11.5. The first-order valence-electron chi connectivity index (χ1n) is 6.79. The number of rotatable bonds is 5. The summed E-state index contributed by atoms with van der Waals surface area (Å²) in [5.74, 6) is 0.0240. The van der Waals surface area contributed by atoms with Crippen LogP contribution in [0, 0.1) is 6.92 Å². The molecule has 1 aromatic carbocycles. The largest absolute Gasteiger partial charge is 0.321 e. The third-order valence-corrected chi connectivity index (χ3v) is 3.32. The summed E-state index contributed by atoms with van der Waals surface area (Å²) in [6.07, 6.45) is 2.79. The zero-order valence-electron chi connectivity index (χ0n) is 11.5. The molecule has 0 aliphatic heterocycles. The Morgan fingerprint density at radius 1 is 1.32 bits per heavy atom. The monoisotopic (exact) mass is 256 g/mol. The second-order valence-corrected chi connectivity index (χ2v) is 4.97. The van der Waals surface area contributed by atoms with Gasteiger partial charge in [0.25, 0.3) is 0 Å². The average Bonchev–Trinajstić information content (AvgIpc) is 2.43. The third-order valence-electron chi connectivity index (χ3n) is 3.32. The van der Waals surface area contributed by atoms with Gasteiger partial charge in [0.2, 0.25) is 0 Å². The number of carbonyl (C=O) groups excluding carboxylic acids is 1. The summed E-state index contributed by atoms with van der Waals surface area (Å²) < 4.78 is 0. The van der Waals surface area contributed by atoms with E-state index in [-0.39, 0.29) is 5.78 Å². The Kier molecular flexibility index (Phi) is 4.27. The van der Waals surface area contributed by atoms with E-state index in [1.807, 2.05) is 37.3 Å². The van der Waals surface area contributed by atoms with Crippen LogP contribution in [0.25, 0.3) is 10.9 Å². The number of nitrogens with two attached hydrogens (primary N) is 1. The fourth-order valence-corrected chi connectivity index (χ4v) is 2.15. The molecule has 0 radical (unpaired) electrons. The van der Waals surface area contributed by atoms with Crippen LogP contribution in [0.5, 0.6) is 0 Å². The number of unbranched alkanes of at least 4 members (excludes halogenated alkanes) is 1. The van der Waals surface area contributed by atoms with E-state index >= 15 is 0 Å². The van der Waals surface area contributed by atoms with E-state index < -0.39 is 6.04 Å². The van der Waals surface area contributed by atoms with Crippen LogP contribution in [0.15, 0.2) is 30.3 Å². The number of ketones is 1. The van der Waals surface area contributed by atoms with Crippen LogP contribution in [-0.4, -0.2) is 16.8 Å². The Morgan fingerprint density at radius 3 is 2.84 bits per heavy atom. The molecule has 0 amide bonds. The highest BCUT2D eigenvalue weighted by Crippen LogP contribution is 2.16. The number of hydrogen-bond donors (Lipinski definition) is 1. The predicted octanol–water partition coefficient (Wildman–Crippen LogP) is 3.24. The Hall–Kier alpha value is -1.74. The lowest BCUT2D eigenvalue weighted by Gasteiger charge is -2.10. The molecule has 3 heteroatoms. The van der Waals surface area contributed by atoms with Crippen LogP contribution in [0.1, 0.15) is 42.2 Å². The number of hydrogen-bond acceptors (Lipinski definition) is 3. The quantitative estimate of drug-likeness (QED) is 0.835. The van der Waals surface area contributed by atoms with Crippen molar-refractivity contribution in [2.75, 3.05) is 0 Å². The first-order valence-corrected chi connectivity index (χ1v) is 6.79. The minimum atomic E-state index is -0.393. The van der Waals surface area contributed by atoms with Gasteiger partial charge in [0.1, 0.15) is 0 Å². The second-order valence-electron chi connectivity index (χ2n) is 4.97. The zero-order chi connectivity index (χ0) is 13.8. The van der Waals surface area contributed by atoms with Gasteiger partial charge in [0.15, 0.2) is 5.78 Å². The van der Waals surface area contributed by atoms with Crippen molar-refractivity contribution in [1.29, 1.82) is 0 Å². The molecule has 0 bridgehead atoms. The topological polar surface area (TPSA) is 56.0 Å². The smallest absolute Gasteiger partial charge is 0.179 e. The van der Waals surface area contributed by atoms with Crippen LogP contribution in [-0.2, 0) is 0 Å². The maximum atomic E-state index is 12.2. The molecule has 2 rings (SSSR count). The van der Waals surface area contributed by atoms with E-state index in [4.69, 9.17) is 5.73 Å². The molecule has 1 atom stereocenters. The van der Waals surface area contributed by atoms with Gasteiger partial charge in [-0.25, -0.2) is 0 Å². The van der Waals surface area contributed by atoms with Crippen LogP contribution in [0.3, 0.4) is 0 Å². The lowest BCUT2D eigenvalue weighted by atomic mass is 9.99. The van der Waals surface area contributed by atoms with Crippen LogP contribution in [0.2, 0.25) is 0 Å². The van der Waals surface area contributed by atoms with Crippen LogP contribution in [0.4, 0.5) is 0 Å². The van der Waals surface area contributed by atoms with Gasteiger partial charge in [-0.3, -0.25) is 9.78 Å². The first-order chi connectivity index (χ1) is 9.11. The average molecular weight is 256 g/mol. The summed E-state index contributed by atoms with van der Waals surface area (Å²) in [4.78, 5) is 16.6. The number of aryl methyl sites for hydroxylation is 1. The maximum absolute atomic E-state index is 12.2. The minimum absolute atomic E-state index is 0.0240. The van der Waals surface area contributed by atoms with Crippen molar-refractivity contribution in [3.63, 3.8) is 0 Å². The number of fused-ring (bicyclic) bond motifs is 1. The molecule has 0 fully saturated rings. The number of carbonyl (C=O) groups is 1. The molecule has 0 spiro atoms. The van der Waals surface area contributed by atoms with Gasteiger partial charge in [-0.1, -0.05) is 25.8 Å². The predicted molar refractivity (Wildman–Crippen MR) is 78.3 cm³/mol. The van der Waals surface area contributed by atoms with Gasteiger partial charge in [0.05, 0.1) is 11.6 Å². The molecule has 1 unspecified atom stereocenters. The van der Waals surface area contributed by atoms with Crippen molar-refractivity contribution < 1.29 is 4.79 Å². The van der Waals surface area contributed by atoms with Crippen molar-refractivity contribution in [3.05, 3.63) is 41.6 Å².